The zero-order valence-corrected chi connectivity index (χ0v) is 20.7. The summed E-state index contributed by atoms with van der Waals surface area (Å²) >= 11 is 0. The van der Waals surface area contributed by atoms with Crippen LogP contribution >= 0.6 is 0 Å². The van der Waals surface area contributed by atoms with Gasteiger partial charge in [0.15, 0.2) is 0 Å². The second-order valence-electron chi connectivity index (χ2n) is 10.8. The van der Waals surface area contributed by atoms with E-state index in [1.54, 1.807) is 19.2 Å². The summed E-state index contributed by atoms with van der Waals surface area (Å²) in [5, 5.41) is 9.44. The molecule has 182 valence electrons. The lowest BCUT2D eigenvalue weighted by Crippen LogP contribution is -2.13. The van der Waals surface area contributed by atoms with Gasteiger partial charge in [-0.1, -0.05) is 39.0 Å². The van der Waals surface area contributed by atoms with Crippen molar-refractivity contribution in [1.82, 2.24) is 0 Å². The molecule has 5 heteroatoms. The third kappa shape index (κ3) is 4.18. The number of hydrogen-bond donors (Lipinski definition) is 1. The molecule has 2 atom stereocenters. The van der Waals surface area contributed by atoms with Crippen molar-refractivity contribution >= 4 is 5.97 Å². The van der Waals surface area contributed by atoms with Crippen LogP contribution in [0.5, 0.6) is 11.5 Å². The molecule has 3 aromatic rings. The third-order valence-corrected chi connectivity index (χ3v) is 7.59. The molecule has 5 rings (SSSR count). The molecule has 1 spiro atoms. The number of fused-ring (bicyclic) bond motifs is 2. The SMILES string of the molecule is COc1ccc(F)c(-c2cc(COc3ccc4c(c3)CC[C@]43C[C@H]3C(=O)O)ccc2C(C)(C)C)c1. The van der Waals surface area contributed by atoms with Crippen LogP contribution in [0.3, 0.4) is 0 Å². The molecule has 0 aromatic heterocycles. The Morgan fingerprint density at radius 1 is 1.06 bits per heavy atom. The average Bonchev–Trinajstić information content (AvgIpc) is 3.46. The van der Waals surface area contributed by atoms with Crippen LogP contribution in [0.1, 0.15) is 55.9 Å². The van der Waals surface area contributed by atoms with E-state index in [1.165, 1.54) is 17.2 Å². The summed E-state index contributed by atoms with van der Waals surface area (Å²) in [6.45, 7) is 6.70. The Labute approximate surface area is 205 Å². The maximum atomic E-state index is 14.9. The first-order valence-corrected chi connectivity index (χ1v) is 12.1. The van der Waals surface area contributed by atoms with Gasteiger partial charge in [-0.3, -0.25) is 4.79 Å². The van der Waals surface area contributed by atoms with Crippen molar-refractivity contribution in [2.45, 2.75) is 57.5 Å². The number of ether oxygens (including phenoxy) is 2. The molecule has 0 bridgehead atoms. The van der Waals surface area contributed by atoms with Crippen molar-refractivity contribution < 1.29 is 23.8 Å². The molecule has 0 heterocycles. The highest BCUT2D eigenvalue weighted by Gasteiger charge is 2.61. The summed E-state index contributed by atoms with van der Waals surface area (Å²) < 4.78 is 26.4. The molecule has 2 aliphatic rings. The number of carbonyl (C=O) groups is 1. The van der Waals surface area contributed by atoms with Crippen LogP contribution in [-0.2, 0) is 28.7 Å². The largest absolute Gasteiger partial charge is 0.497 e. The molecule has 35 heavy (non-hydrogen) atoms. The Morgan fingerprint density at radius 2 is 1.83 bits per heavy atom. The lowest BCUT2D eigenvalue weighted by molar-refractivity contribution is -0.139. The highest BCUT2D eigenvalue weighted by Crippen LogP contribution is 2.61. The molecule has 2 aliphatic carbocycles. The Balaban J connectivity index is 1.40. The minimum atomic E-state index is -0.694. The minimum Gasteiger partial charge on any atom is -0.497 e. The third-order valence-electron chi connectivity index (χ3n) is 7.59. The summed E-state index contributed by atoms with van der Waals surface area (Å²) in [4.78, 5) is 11.5. The second-order valence-corrected chi connectivity index (χ2v) is 10.8. The molecule has 0 unspecified atom stereocenters. The Hall–Kier alpha value is -3.34. The number of rotatable bonds is 6. The number of halogens is 1. The normalized spacial score (nSPS) is 20.5. The molecule has 1 fully saturated rings. The second kappa shape index (κ2) is 8.40. The first-order valence-electron chi connectivity index (χ1n) is 12.1. The Morgan fingerprint density at radius 3 is 2.51 bits per heavy atom. The van der Waals surface area contributed by atoms with Gasteiger partial charge in [0.05, 0.1) is 13.0 Å². The zero-order valence-electron chi connectivity index (χ0n) is 20.7. The summed E-state index contributed by atoms with van der Waals surface area (Å²) in [7, 11) is 1.58. The molecule has 1 N–H and O–H groups in total. The zero-order chi connectivity index (χ0) is 25.0. The van der Waals surface area contributed by atoms with Gasteiger partial charge in [0, 0.05) is 11.0 Å². The van der Waals surface area contributed by atoms with Crippen LogP contribution in [0.25, 0.3) is 11.1 Å². The number of benzene rings is 3. The Bertz CT molecular complexity index is 1310. The number of methoxy groups -OCH3 is 1. The molecule has 0 saturated heterocycles. The van der Waals surface area contributed by atoms with Crippen LogP contribution in [0.4, 0.5) is 4.39 Å². The first-order chi connectivity index (χ1) is 16.6. The van der Waals surface area contributed by atoms with E-state index >= 15 is 0 Å². The number of aryl methyl sites for hydroxylation is 1. The minimum absolute atomic E-state index is 0.168. The number of hydrogen-bond acceptors (Lipinski definition) is 3. The van der Waals surface area contributed by atoms with Crippen molar-refractivity contribution in [2.24, 2.45) is 5.92 Å². The van der Waals surface area contributed by atoms with Gasteiger partial charge < -0.3 is 14.6 Å². The lowest BCUT2D eigenvalue weighted by atomic mass is 9.81. The molecule has 3 aromatic carbocycles. The molecule has 0 aliphatic heterocycles. The van der Waals surface area contributed by atoms with Crippen LogP contribution in [0.15, 0.2) is 54.6 Å². The van der Waals surface area contributed by atoms with Crippen molar-refractivity contribution in [3.05, 3.63) is 82.7 Å². The van der Waals surface area contributed by atoms with E-state index in [-0.39, 0.29) is 22.6 Å². The van der Waals surface area contributed by atoms with Crippen molar-refractivity contribution in [3.8, 4) is 22.6 Å². The maximum Gasteiger partial charge on any atom is 0.307 e. The highest BCUT2D eigenvalue weighted by molar-refractivity contribution is 5.78. The summed E-state index contributed by atoms with van der Waals surface area (Å²) in [6.07, 6.45) is 2.52. The quantitative estimate of drug-likeness (QED) is 0.434. The monoisotopic (exact) mass is 474 g/mol. The van der Waals surface area contributed by atoms with Crippen LogP contribution in [-0.4, -0.2) is 18.2 Å². The van der Waals surface area contributed by atoms with Crippen molar-refractivity contribution in [2.75, 3.05) is 7.11 Å². The molecular formula is C30H31FO4. The first kappa shape index (κ1) is 23.4. The van der Waals surface area contributed by atoms with E-state index in [4.69, 9.17) is 9.47 Å². The van der Waals surface area contributed by atoms with Gasteiger partial charge in [0.1, 0.15) is 23.9 Å². The predicted octanol–water partition coefficient (Wildman–Crippen LogP) is 6.67. The average molecular weight is 475 g/mol. The van der Waals surface area contributed by atoms with Gasteiger partial charge >= 0.3 is 5.97 Å². The summed E-state index contributed by atoms with van der Waals surface area (Å²) in [5.74, 6) is 0.135. The maximum absolute atomic E-state index is 14.9. The molecule has 1 saturated carbocycles. The van der Waals surface area contributed by atoms with Gasteiger partial charge in [-0.05, 0) is 88.9 Å². The van der Waals surface area contributed by atoms with Crippen molar-refractivity contribution in [3.63, 3.8) is 0 Å². The van der Waals surface area contributed by atoms with E-state index < -0.39 is 5.97 Å². The van der Waals surface area contributed by atoms with Gasteiger partial charge in [-0.25, -0.2) is 4.39 Å². The fraction of sp³-hybridized carbons (Fsp3) is 0.367. The smallest absolute Gasteiger partial charge is 0.307 e. The van der Waals surface area contributed by atoms with Gasteiger partial charge in [0.2, 0.25) is 0 Å². The molecular weight excluding hydrogens is 443 g/mol. The summed E-state index contributed by atoms with van der Waals surface area (Å²) in [6, 6.07) is 16.9. The molecule has 0 amide bonds. The summed E-state index contributed by atoms with van der Waals surface area (Å²) in [5.41, 5.74) is 5.36. The topological polar surface area (TPSA) is 55.8 Å². The van der Waals surface area contributed by atoms with Crippen molar-refractivity contribution in [1.29, 1.82) is 0 Å². The standard InChI is InChI=1S/C30H31FO4/c1-29(2,3)25-8-5-18(13-22(25)23-15-20(34-4)7-10-27(23)31)17-35-21-6-9-24-19(14-21)11-12-30(24)16-26(30)28(32)33/h5-10,13-15,26H,11-12,16-17H2,1-4H3,(H,32,33)/t26-,30-/m0/s1. The van der Waals surface area contributed by atoms with Gasteiger partial charge in [0.25, 0.3) is 0 Å². The fourth-order valence-electron chi connectivity index (χ4n) is 5.61. The van der Waals surface area contributed by atoms with E-state index in [0.717, 1.165) is 41.7 Å². The van der Waals surface area contributed by atoms with E-state index in [1.807, 2.05) is 30.3 Å². The molecule has 0 radical (unpaired) electrons. The van der Waals surface area contributed by atoms with E-state index in [2.05, 4.69) is 26.8 Å². The van der Waals surface area contributed by atoms with Crippen LogP contribution in [0, 0.1) is 11.7 Å². The molecule has 4 nitrogen and oxygen atoms in total. The van der Waals surface area contributed by atoms with Crippen LogP contribution in [0.2, 0.25) is 0 Å². The number of carboxylic acid groups (broad SMARTS) is 1. The lowest BCUT2D eigenvalue weighted by Gasteiger charge is -2.24. The number of carboxylic acids is 1. The highest BCUT2D eigenvalue weighted by atomic mass is 19.1. The van der Waals surface area contributed by atoms with Gasteiger partial charge in [-0.2, -0.15) is 0 Å². The van der Waals surface area contributed by atoms with E-state index in [9.17, 15) is 14.3 Å². The fourth-order valence-corrected chi connectivity index (χ4v) is 5.61. The Kier molecular flexibility index (Phi) is 5.62. The van der Waals surface area contributed by atoms with E-state index in [0.29, 0.717) is 17.9 Å². The van der Waals surface area contributed by atoms with Gasteiger partial charge in [-0.15, -0.1) is 0 Å². The van der Waals surface area contributed by atoms with Crippen LogP contribution < -0.4 is 9.47 Å². The number of aliphatic carboxylic acids is 1. The predicted molar refractivity (Wildman–Crippen MR) is 134 cm³/mol.